The van der Waals surface area contributed by atoms with Crippen LogP contribution in [0.3, 0.4) is 0 Å². The molecule has 0 amide bonds. The monoisotopic (exact) mass is 290 g/mol. The third-order valence-electron chi connectivity index (χ3n) is 4.13. The molecule has 1 aromatic carbocycles. The highest BCUT2D eigenvalue weighted by atomic mass is 16.4. The van der Waals surface area contributed by atoms with Crippen molar-refractivity contribution in [3.63, 3.8) is 0 Å². The van der Waals surface area contributed by atoms with Gasteiger partial charge in [0.2, 0.25) is 0 Å². The van der Waals surface area contributed by atoms with Crippen LogP contribution >= 0.6 is 0 Å². The van der Waals surface area contributed by atoms with Crippen molar-refractivity contribution >= 4 is 5.97 Å². The Bertz CT molecular complexity index is 474. The average Bonchev–Trinajstić information content (AvgIpc) is 2.61. The SMILES string of the molecule is CC(C)NC(C)(CN1CCc2ccccc2CC1)C(=O)O. The number of fused-ring (bicyclic) bond motifs is 1. The van der Waals surface area contributed by atoms with E-state index in [-0.39, 0.29) is 6.04 Å². The Hall–Kier alpha value is -1.39. The van der Waals surface area contributed by atoms with E-state index < -0.39 is 11.5 Å². The van der Waals surface area contributed by atoms with E-state index in [0.717, 1.165) is 25.9 Å². The topological polar surface area (TPSA) is 52.6 Å². The summed E-state index contributed by atoms with van der Waals surface area (Å²) < 4.78 is 0. The molecule has 0 saturated carbocycles. The van der Waals surface area contributed by atoms with Crippen LogP contribution in [0.1, 0.15) is 31.9 Å². The molecule has 4 nitrogen and oxygen atoms in total. The molecule has 1 heterocycles. The zero-order chi connectivity index (χ0) is 15.5. The summed E-state index contributed by atoms with van der Waals surface area (Å²) in [6.07, 6.45) is 1.99. The molecular formula is C17H26N2O2. The first-order chi connectivity index (χ1) is 9.90. The average molecular weight is 290 g/mol. The zero-order valence-corrected chi connectivity index (χ0v) is 13.2. The second kappa shape index (κ2) is 6.58. The van der Waals surface area contributed by atoms with Gasteiger partial charge < -0.3 is 10.0 Å². The summed E-state index contributed by atoms with van der Waals surface area (Å²) in [5.41, 5.74) is 1.90. The molecule has 1 aromatic rings. The molecule has 0 aliphatic carbocycles. The van der Waals surface area contributed by atoms with E-state index in [1.54, 1.807) is 6.92 Å². The third kappa shape index (κ3) is 4.05. The summed E-state index contributed by atoms with van der Waals surface area (Å²) in [6.45, 7) is 8.13. The molecule has 1 unspecified atom stereocenters. The molecule has 1 atom stereocenters. The van der Waals surface area contributed by atoms with Gasteiger partial charge in [-0.15, -0.1) is 0 Å². The fourth-order valence-electron chi connectivity index (χ4n) is 3.13. The van der Waals surface area contributed by atoms with Crippen molar-refractivity contribution in [2.75, 3.05) is 19.6 Å². The van der Waals surface area contributed by atoms with Gasteiger partial charge in [-0.2, -0.15) is 0 Å². The van der Waals surface area contributed by atoms with Crippen molar-refractivity contribution in [1.82, 2.24) is 10.2 Å². The first kappa shape index (κ1) is 16.0. The molecule has 0 aromatic heterocycles. The fraction of sp³-hybridized carbons (Fsp3) is 0.588. The first-order valence-electron chi connectivity index (χ1n) is 7.71. The number of aliphatic carboxylic acids is 1. The largest absolute Gasteiger partial charge is 0.480 e. The number of benzene rings is 1. The Labute approximate surface area is 127 Å². The smallest absolute Gasteiger partial charge is 0.324 e. The number of hydrogen-bond donors (Lipinski definition) is 2. The van der Waals surface area contributed by atoms with E-state index in [9.17, 15) is 9.90 Å². The third-order valence-corrected chi connectivity index (χ3v) is 4.13. The lowest BCUT2D eigenvalue weighted by Crippen LogP contribution is -2.59. The van der Waals surface area contributed by atoms with E-state index >= 15 is 0 Å². The fourth-order valence-corrected chi connectivity index (χ4v) is 3.13. The quantitative estimate of drug-likeness (QED) is 0.870. The van der Waals surface area contributed by atoms with Gasteiger partial charge in [0.05, 0.1) is 0 Å². The van der Waals surface area contributed by atoms with Gasteiger partial charge >= 0.3 is 5.97 Å². The standard InChI is InChI=1S/C17H26N2O2/c1-13(2)18-17(3,16(20)21)12-19-10-8-14-6-4-5-7-15(14)9-11-19/h4-7,13,18H,8-12H2,1-3H3,(H,20,21). The lowest BCUT2D eigenvalue weighted by Gasteiger charge is -2.34. The van der Waals surface area contributed by atoms with E-state index in [1.165, 1.54) is 11.1 Å². The van der Waals surface area contributed by atoms with Gasteiger partial charge in [-0.1, -0.05) is 24.3 Å². The van der Waals surface area contributed by atoms with Gasteiger partial charge in [0.25, 0.3) is 0 Å². The molecule has 4 heteroatoms. The van der Waals surface area contributed by atoms with Crippen molar-refractivity contribution in [3.05, 3.63) is 35.4 Å². The molecule has 2 rings (SSSR count). The summed E-state index contributed by atoms with van der Waals surface area (Å²) in [7, 11) is 0. The predicted octanol–water partition coefficient (Wildman–Crippen LogP) is 1.93. The Morgan fingerprint density at radius 2 is 1.81 bits per heavy atom. The van der Waals surface area contributed by atoms with Gasteiger partial charge in [0.1, 0.15) is 5.54 Å². The van der Waals surface area contributed by atoms with Gasteiger partial charge in [-0.3, -0.25) is 10.1 Å². The Morgan fingerprint density at radius 1 is 1.29 bits per heavy atom. The van der Waals surface area contributed by atoms with Crippen LogP contribution in [0.4, 0.5) is 0 Å². The maximum Gasteiger partial charge on any atom is 0.324 e. The number of nitrogens with zero attached hydrogens (tertiary/aromatic N) is 1. The summed E-state index contributed by atoms with van der Waals surface area (Å²) in [5.74, 6) is -0.780. The minimum absolute atomic E-state index is 0.148. The van der Waals surface area contributed by atoms with Crippen molar-refractivity contribution in [2.45, 2.75) is 45.2 Å². The number of carbonyl (C=O) groups is 1. The summed E-state index contributed by atoms with van der Waals surface area (Å²) >= 11 is 0. The second-order valence-corrected chi connectivity index (χ2v) is 6.48. The summed E-state index contributed by atoms with van der Waals surface area (Å²) in [6, 6.07) is 8.67. The summed E-state index contributed by atoms with van der Waals surface area (Å²) in [4.78, 5) is 13.9. The maximum atomic E-state index is 11.6. The molecule has 0 saturated heterocycles. The van der Waals surface area contributed by atoms with Gasteiger partial charge in [0, 0.05) is 25.7 Å². The zero-order valence-electron chi connectivity index (χ0n) is 13.2. The molecule has 1 aliphatic heterocycles. The van der Waals surface area contributed by atoms with Crippen LogP contribution in [0.25, 0.3) is 0 Å². The van der Waals surface area contributed by atoms with Gasteiger partial charge in [0.15, 0.2) is 0 Å². The van der Waals surface area contributed by atoms with Crippen LogP contribution in [-0.4, -0.2) is 47.2 Å². The van der Waals surface area contributed by atoms with Crippen LogP contribution in [0, 0.1) is 0 Å². The van der Waals surface area contributed by atoms with Crippen molar-refractivity contribution in [2.24, 2.45) is 0 Å². The van der Waals surface area contributed by atoms with Gasteiger partial charge in [-0.05, 0) is 44.7 Å². The molecule has 116 valence electrons. The van der Waals surface area contributed by atoms with Crippen LogP contribution in [0.15, 0.2) is 24.3 Å². The van der Waals surface area contributed by atoms with Crippen LogP contribution < -0.4 is 5.32 Å². The first-order valence-corrected chi connectivity index (χ1v) is 7.71. The number of carboxylic acid groups (broad SMARTS) is 1. The molecule has 21 heavy (non-hydrogen) atoms. The Kier molecular flexibility index (Phi) is 5.01. The molecule has 0 fully saturated rings. The Balaban J connectivity index is 2.05. The minimum atomic E-state index is -0.898. The van der Waals surface area contributed by atoms with Gasteiger partial charge in [-0.25, -0.2) is 0 Å². The normalized spacial score (nSPS) is 18.9. The molecule has 0 spiro atoms. The molecule has 0 radical (unpaired) electrons. The lowest BCUT2D eigenvalue weighted by molar-refractivity contribution is -0.145. The molecule has 1 aliphatic rings. The van der Waals surface area contributed by atoms with Crippen molar-refractivity contribution in [3.8, 4) is 0 Å². The number of rotatable bonds is 5. The Morgan fingerprint density at radius 3 is 2.24 bits per heavy atom. The second-order valence-electron chi connectivity index (χ2n) is 6.48. The highest BCUT2D eigenvalue weighted by Gasteiger charge is 2.35. The number of nitrogens with one attached hydrogen (secondary N) is 1. The summed E-state index contributed by atoms with van der Waals surface area (Å²) in [5, 5.41) is 12.8. The van der Waals surface area contributed by atoms with Crippen LogP contribution in [0.5, 0.6) is 0 Å². The van der Waals surface area contributed by atoms with E-state index in [1.807, 2.05) is 13.8 Å². The molecule has 0 bridgehead atoms. The molecule has 2 N–H and O–H groups in total. The highest BCUT2D eigenvalue weighted by Crippen LogP contribution is 2.17. The van der Waals surface area contributed by atoms with Crippen molar-refractivity contribution in [1.29, 1.82) is 0 Å². The lowest BCUT2D eigenvalue weighted by atomic mass is 10.0. The van der Waals surface area contributed by atoms with E-state index in [2.05, 4.69) is 34.5 Å². The number of hydrogen-bond acceptors (Lipinski definition) is 3. The number of carboxylic acids is 1. The highest BCUT2D eigenvalue weighted by molar-refractivity contribution is 5.78. The molecular weight excluding hydrogens is 264 g/mol. The predicted molar refractivity (Wildman–Crippen MR) is 84.6 cm³/mol. The van der Waals surface area contributed by atoms with E-state index in [4.69, 9.17) is 0 Å². The van der Waals surface area contributed by atoms with E-state index in [0.29, 0.717) is 6.54 Å². The maximum absolute atomic E-state index is 11.6. The van der Waals surface area contributed by atoms with Crippen molar-refractivity contribution < 1.29 is 9.90 Å². The van der Waals surface area contributed by atoms with Crippen LogP contribution in [0.2, 0.25) is 0 Å². The van der Waals surface area contributed by atoms with Crippen LogP contribution in [-0.2, 0) is 17.6 Å². The minimum Gasteiger partial charge on any atom is -0.480 e.